The van der Waals surface area contributed by atoms with E-state index in [1.165, 1.54) is 18.2 Å². The third-order valence-corrected chi connectivity index (χ3v) is 5.58. The number of nitro groups is 1. The van der Waals surface area contributed by atoms with Gasteiger partial charge in [0, 0.05) is 39.7 Å². The molecule has 0 bridgehead atoms. The minimum atomic E-state index is -0.500. The maximum atomic E-state index is 13.0. The average Bonchev–Trinajstić information content (AvgIpc) is 3.26. The number of hydrogen-bond acceptors (Lipinski definition) is 5. The highest BCUT2D eigenvalue weighted by molar-refractivity contribution is 7.80. The molecule has 2 heterocycles. The Labute approximate surface area is 204 Å². The monoisotopic (exact) mass is 482 g/mol. The zero-order valence-corrected chi connectivity index (χ0v) is 18.9. The Morgan fingerprint density at radius 1 is 0.914 bits per heavy atom. The number of benzene rings is 3. The van der Waals surface area contributed by atoms with Crippen molar-refractivity contribution in [2.24, 2.45) is 0 Å². The fourth-order valence-corrected chi connectivity index (χ4v) is 3.97. The summed E-state index contributed by atoms with van der Waals surface area (Å²) in [7, 11) is 0. The first kappa shape index (κ1) is 22.0. The van der Waals surface area contributed by atoms with Gasteiger partial charge in [0.15, 0.2) is 5.11 Å². The number of nitrogens with one attached hydrogen (secondary N) is 4. The predicted octanol–water partition coefficient (Wildman–Crippen LogP) is 4.92. The molecule has 0 aliphatic carbocycles. The van der Waals surface area contributed by atoms with Crippen LogP contribution in [-0.4, -0.2) is 25.9 Å². The summed E-state index contributed by atoms with van der Waals surface area (Å²) in [6, 6.07) is 25.1. The number of non-ortho nitro benzene ring substituents is 1. The van der Waals surface area contributed by atoms with Gasteiger partial charge < -0.3 is 10.3 Å². The number of H-pyrrole nitrogens is 1. The lowest BCUT2D eigenvalue weighted by molar-refractivity contribution is -0.384. The lowest BCUT2D eigenvalue weighted by atomic mass is 10.1. The van der Waals surface area contributed by atoms with Crippen LogP contribution in [0.2, 0.25) is 0 Å². The van der Waals surface area contributed by atoms with Crippen molar-refractivity contribution in [2.45, 2.75) is 0 Å². The number of hydrazine groups is 1. The SMILES string of the molecule is O=C(NNC(=S)Nc1cccc([N+](=O)[O-])c1)c1cc2c([nH]c3ccccc32)c(-c2ccccc2)n1. The van der Waals surface area contributed by atoms with Crippen molar-refractivity contribution >= 4 is 56.4 Å². The number of nitrogens with zero attached hydrogens (tertiary/aromatic N) is 2. The highest BCUT2D eigenvalue weighted by atomic mass is 32.1. The van der Waals surface area contributed by atoms with E-state index in [-0.39, 0.29) is 16.5 Å². The number of amides is 1. The largest absolute Gasteiger partial charge is 0.353 e. The maximum Gasteiger partial charge on any atom is 0.288 e. The van der Waals surface area contributed by atoms with E-state index in [0.29, 0.717) is 11.4 Å². The number of carbonyl (C=O) groups is 1. The first-order valence-electron chi connectivity index (χ1n) is 10.6. The van der Waals surface area contributed by atoms with Crippen LogP contribution < -0.4 is 16.2 Å². The van der Waals surface area contributed by atoms with Crippen molar-refractivity contribution in [3.8, 4) is 11.3 Å². The summed E-state index contributed by atoms with van der Waals surface area (Å²) in [5.41, 5.74) is 9.00. The van der Waals surface area contributed by atoms with Gasteiger partial charge in [-0.05, 0) is 30.4 Å². The third kappa shape index (κ3) is 4.50. The van der Waals surface area contributed by atoms with E-state index in [1.807, 2.05) is 54.6 Å². The first-order chi connectivity index (χ1) is 17.0. The molecule has 9 nitrogen and oxygen atoms in total. The van der Waals surface area contributed by atoms with Crippen molar-refractivity contribution < 1.29 is 9.72 Å². The second-order valence-corrected chi connectivity index (χ2v) is 8.06. The van der Waals surface area contributed by atoms with Gasteiger partial charge in [-0.1, -0.05) is 54.6 Å². The van der Waals surface area contributed by atoms with Crippen molar-refractivity contribution in [1.29, 1.82) is 0 Å². The smallest absolute Gasteiger partial charge is 0.288 e. The molecule has 2 aromatic heterocycles. The molecule has 0 saturated carbocycles. The summed E-state index contributed by atoms with van der Waals surface area (Å²) >= 11 is 5.21. The standard InChI is InChI=1S/C25H18N6O3S/c32-24(29-30-25(35)26-16-9-6-10-17(13-16)31(33)34)21-14-19-18-11-4-5-12-20(18)27-23(19)22(28-21)15-7-2-1-3-8-15/h1-14,27H,(H,29,32)(H2,26,30,35). The van der Waals surface area contributed by atoms with Gasteiger partial charge in [0.25, 0.3) is 11.6 Å². The molecule has 1 amide bonds. The molecular formula is C25H18N6O3S. The predicted molar refractivity (Wildman–Crippen MR) is 139 cm³/mol. The van der Waals surface area contributed by atoms with Gasteiger partial charge in [-0.15, -0.1) is 0 Å². The summed E-state index contributed by atoms with van der Waals surface area (Å²) in [5, 5.41) is 15.7. The number of hydrogen-bond donors (Lipinski definition) is 4. The third-order valence-electron chi connectivity index (χ3n) is 5.38. The molecule has 0 fully saturated rings. The van der Waals surface area contributed by atoms with E-state index in [4.69, 9.17) is 12.2 Å². The molecule has 5 aromatic rings. The Hall–Kier alpha value is -4.83. The molecule has 0 aliphatic heterocycles. The average molecular weight is 483 g/mol. The highest BCUT2D eigenvalue weighted by Crippen LogP contribution is 2.32. The normalized spacial score (nSPS) is 10.7. The number of nitro benzene ring substituents is 1. The Kier molecular flexibility index (Phi) is 5.78. The molecule has 0 radical (unpaired) electrons. The fourth-order valence-electron chi connectivity index (χ4n) is 3.80. The Morgan fingerprint density at radius 3 is 2.49 bits per heavy atom. The molecule has 0 spiro atoms. The molecule has 0 atom stereocenters. The van der Waals surface area contributed by atoms with Crippen molar-refractivity contribution in [3.05, 3.63) is 101 Å². The number of fused-ring (bicyclic) bond motifs is 3. The van der Waals surface area contributed by atoms with Crippen molar-refractivity contribution in [2.75, 3.05) is 5.32 Å². The molecular weight excluding hydrogens is 464 g/mol. The first-order valence-corrected chi connectivity index (χ1v) is 11.0. The van der Waals surface area contributed by atoms with E-state index in [9.17, 15) is 14.9 Å². The molecule has 0 unspecified atom stereocenters. The van der Waals surface area contributed by atoms with Gasteiger partial charge in [0.05, 0.1) is 16.1 Å². The number of aromatic amines is 1. The summed E-state index contributed by atoms with van der Waals surface area (Å²) < 4.78 is 0. The van der Waals surface area contributed by atoms with Crippen LogP contribution in [0, 0.1) is 10.1 Å². The minimum Gasteiger partial charge on any atom is -0.353 e. The van der Waals surface area contributed by atoms with Crippen LogP contribution in [0.5, 0.6) is 0 Å². The lowest BCUT2D eigenvalue weighted by Gasteiger charge is -2.12. The van der Waals surface area contributed by atoms with Crippen molar-refractivity contribution in [1.82, 2.24) is 20.8 Å². The summed E-state index contributed by atoms with van der Waals surface area (Å²) in [6.45, 7) is 0. The van der Waals surface area contributed by atoms with Crippen molar-refractivity contribution in [3.63, 3.8) is 0 Å². The van der Waals surface area contributed by atoms with E-state index >= 15 is 0 Å². The second kappa shape index (κ2) is 9.20. The zero-order valence-electron chi connectivity index (χ0n) is 18.1. The Balaban J connectivity index is 1.41. The second-order valence-electron chi connectivity index (χ2n) is 7.66. The Bertz CT molecular complexity index is 1600. The molecule has 172 valence electrons. The van der Waals surface area contributed by atoms with Gasteiger partial charge in [-0.25, -0.2) is 4.98 Å². The van der Waals surface area contributed by atoms with E-state index in [0.717, 1.165) is 27.4 Å². The number of carbonyl (C=O) groups excluding carboxylic acids is 1. The Morgan fingerprint density at radius 2 is 1.69 bits per heavy atom. The lowest BCUT2D eigenvalue weighted by Crippen LogP contribution is -2.44. The molecule has 5 rings (SSSR count). The number of pyridine rings is 1. The fraction of sp³-hybridized carbons (Fsp3) is 0. The molecule has 35 heavy (non-hydrogen) atoms. The van der Waals surface area contributed by atoms with Gasteiger partial charge >= 0.3 is 0 Å². The van der Waals surface area contributed by atoms with Crippen LogP contribution >= 0.6 is 12.2 Å². The highest BCUT2D eigenvalue weighted by Gasteiger charge is 2.17. The van der Waals surface area contributed by atoms with Crippen LogP contribution in [-0.2, 0) is 0 Å². The molecule has 3 aromatic carbocycles. The molecule has 10 heteroatoms. The van der Waals surface area contributed by atoms with Crippen LogP contribution in [0.4, 0.5) is 11.4 Å². The maximum absolute atomic E-state index is 13.0. The quantitative estimate of drug-likeness (QED) is 0.163. The summed E-state index contributed by atoms with van der Waals surface area (Å²) in [5.74, 6) is -0.488. The number of aromatic nitrogens is 2. The molecule has 4 N–H and O–H groups in total. The summed E-state index contributed by atoms with van der Waals surface area (Å²) in [6.07, 6.45) is 0. The molecule has 0 aliphatic rings. The van der Waals surface area contributed by atoms with Crippen LogP contribution in [0.1, 0.15) is 10.5 Å². The van der Waals surface area contributed by atoms with Crippen LogP contribution in [0.3, 0.4) is 0 Å². The number of anilines is 1. The van der Waals surface area contributed by atoms with Crippen LogP contribution in [0.25, 0.3) is 33.1 Å². The van der Waals surface area contributed by atoms with E-state index in [2.05, 4.69) is 26.1 Å². The number of rotatable bonds is 4. The zero-order chi connectivity index (χ0) is 24.4. The van der Waals surface area contributed by atoms with Gasteiger partial charge in [-0.2, -0.15) is 0 Å². The number of thiocarbonyl (C=S) groups is 1. The van der Waals surface area contributed by atoms with Gasteiger partial charge in [0.2, 0.25) is 0 Å². The topological polar surface area (TPSA) is 125 Å². The van der Waals surface area contributed by atoms with E-state index < -0.39 is 10.8 Å². The molecule has 0 saturated heterocycles. The minimum absolute atomic E-state index is 0.0651. The van der Waals surface area contributed by atoms with E-state index in [1.54, 1.807) is 12.1 Å². The van der Waals surface area contributed by atoms with Gasteiger partial charge in [-0.3, -0.25) is 25.8 Å². The van der Waals surface area contributed by atoms with Gasteiger partial charge in [0.1, 0.15) is 5.69 Å². The number of para-hydroxylation sites is 1. The van der Waals surface area contributed by atoms with Crippen LogP contribution in [0.15, 0.2) is 84.9 Å². The summed E-state index contributed by atoms with van der Waals surface area (Å²) in [4.78, 5) is 31.5.